The summed E-state index contributed by atoms with van der Waals surface area (Å²) in [5, 5.41) is 43.6. The summed E-state index contributed by atoms with van der Waals surface area (Å²) in [6.45, 7) is 2.21. The highest BCUT2D eigenvalue weighted by atomic mass is 16.5. The Hall–Kier alpha value is -3.19. The average molecular weight is 445 g/mol. The largest absolute Gasteiger partial charge is 0.488 e. The number of carboxylic acid groups (broad SMARTS) is 2. The molecule has 31 heavy (non-hydrogen) atoms. The van der Waals surface area contributed by atoms with Crippen molar-refractivity contribution >= 4 is 23.7 Å². The van der Waals surface area contributed by atoms with Crippen molar-refractivity contribution < 1.29 is 39.5 Å². The third kappa shape index (κ3) is 8.22. The van der Waals surface area contributed by atoms with E-state index in [4.69, 9.17) is 14.9 Å². The van der Waals surface area contributed by atoms with Gasteiger partial charge in [-0.25, -0.2) is 9.59 Å². The first kappa shape index (κ1) is 25.8. The first-order valence-electron chi connectivity index (χ1n) is 9.66. The number of amides is 2. The maximum atomic E-state index is 11.9. The van der Waals surface area contributed by atoms with Gasteiger partial charge in [0, 0.05) is 13.0 Å². The summed E-state index contributed by atoms with van der Waals surface area (Å²) < 4.78 is 5.07. The molecule has 0 radical (unpaired) electrons. The Bertz CT molecular complexity index is 831. The molecule has 2 amide bonds. The quantitative estimate of drug-likeness (QED) is 0.0943. The standard InChI is InChI=1S/C18H27N3O10/c1-2-31-15-12(13(24)14(15)25)19-8-4-3-5-9(16(26)27)20-18(30)21-10(17(28)29)6-7-11(22)23/h9-10,16,19,26-27H,2-8H2,1H3,(H,22,23)(H,28,29)(H2,20,21,30). The monoisotopic (exact) mass is 445 g/mol. The minimum atomic E-state index is -1.92. The highest BCUT2D eigenvalue weighted by Gasteiger charge is 2.25. The number of anilines is 1. The zero-order chi connectivity index (χ0) is 23.6. The number of hydrogen-bond donors (Lipinski definition) is 7. The number of urea groups is 1. The molecule has 13 heteroatoms. The number of aliphatic hydroxyl groups is 2. The van der Waals surface area contributed by atoms with E-state index in [1.807, 2.05) is 0 Å². The number of hydrogen-bond acceptors (Lipinski definition) is 9. The van der Waals surface area contributed by atoms with Gasteiger partial charge in [-0.3, -0.25) is 14.4 Å². The first-order valence-corrected chi connectivity index (χ1v) is 9.66. The number of rotatable bonds is 15. The van der Waals surface area contributed by atoms with E-state index in [0.717, 1.165) is 0 Å². The van der Waals surface area contributed by atoms with Crippen LogP contribution in [0.2, 0.25) is 0 Å². The minimum Gasteiger partial charge on any atom is -0.488 e. The maximum absolute atomic E-state index is 11.9. The lowest BCUT2D eigenvalue weighted by molar-refractivity contribution is -0.140. The third-order valence-corrected chi connectivity index (χ3v) is 4.33. The molecule has 0 aromatic heterocycles. The molecule has 0 heterocycles. The van der Waals surface area contributed by atoms with E-state index in [-0.39, 0.29) is 30.9 Å². The van der Waals surface area contributed by atoms with E-state index >= 15 is 0 Å². The molecule has 1 aromatic carbocycles. The SMILES string of the molecule is CCOc1c(NCCCCC(NC(=O)NC(CCC(=O)O)C(=O)O)C(O)O)c(=O)c1=O. The molecule has 1 aromatic rings. The van der Waals surface area contributed by atoms with Gasteiger partial charge in [-0.2, -0.15) is 0 Å². The topological polar surface area (TPSA) is 212 Å². The van der Waals surface area contributed by atoms with Crippen LogP contribution >= 0.6 is 0 Å². The van der Waals surface area contributed by atoms with Gasteiger partial charge in [-0.1, -0.05) is 0 Å². The molecular weight excluding hydrogens is 418 g/mol. The second-order valence-electron chi connectivity index (χ2n) is 6.68. The van der Waals surface area contributed by atoms with Crippen molar-refractivity contribution in [3.05, 3.63) is 20.4 Å². The van der Waals surface area contributed by atoms with Gasteiger partial charge in [0.15, 0.2) is 12.0 Å². The van der Waals surface area contributed by atoms with Crippen LogP contribution in [-0.4, -0.2) is 69.9 Å². The number of aliphatic carboxylic acids is 2. The Morgan fingerprint density at radius 1 is 1.00 bits per heavy atom. The summed E-state index contributed by atoms with van der Waals surface area (Å²) in [4.78, 5) is 56.5. The van der Waals surface area contributed by atoms with Crippen LogP contribution in [0, 0.1) is 0 Å². The number of carbonyl (C=O) groups is 3. The van der Waals surface area contributed by atoms with Crippen molar-refractivity contribution in [2.45, 2.75) is 57.4 Å². The Labute approximate surface area is 176 Å². The summed E-state index contributed by atoms with van der Waals surface area (Å²) in [6, 6.07) is -3.55. The lowest BCUT2D eigenvalue weighted by Crippen LogP contribution is -2.52. The van der Waals surface area contributed by atoms with E-state index in [1.165, 1.54) is 0 Å². The van der Waals surface area contributed by atoms with Gasteiger partial charge in [0.05, 0.1) is 12.6 Å². The lowest BCUT2D eigenvalue weighted by Gasteiger charge is -2.22. The van der Waals surface area contributed by atoms with E-state index in [1.54, 1.807) is 6.92 Å². The maximum Gasteiger partial charge on any atom is 0.326 e. The summed E-state index contributed by atoms with van der Waals surface area (Å²) in [7, 11) is 0. The van der Waals surface area contributed by atoms with Crippen LogP contribution in [0.3, 0.4) is 0 Å². The molecule has 7 N–H and O–H groups in total. The Kier molecular flexibility index (Phi) is 10.4. The third-order valence-electron chi connectivity index (χ3n) is 4.33. The van der Waals surface area contributed by atoms with Gasteiger partial charge in [-0.05, 0) is 32.6 Å². The molecule has 0 saturated heterocycles. The highest BCUT2D eigenvalue weighted by molar-refractivity contribution is 5.83. The van der Waals surface area contributed by atoms with Crippen LogP contribution in [0.5, 0.6) is 5.75 Å². The predicted molar refractivity (Wildman–Crippen MR) is 107 cm³/mol. The molecule has 174 valence electrons. The molecule has 0 spiro atoms. The number of carboxylic acids is 2. The van der Waals surface area contributed by atoms with Crippen molar-refractivity contribution in [3.8, 4) is 5.75 Å². The summed E-state index contributed by atoms with van der Waals surface area (Å²) in [5.41, 5.74) is -1.25. The Morgan fingerprint density at radius 3 is 2.23 bits per heavy atom. The molecule has 0 fully saturated rings. The van der Waals surface area contributed by atoms with Crippen LogP contribution in [-0.2, 0) is 9.59 Å². The molecule has 2 unspecified atom stereocenters. The second kappa shape index (κ2) is 12.5. The van der Waals surface area contributed by atoms with Gasteiger partial charge >= 0.3 is 18.0 Å². The zero-order valence-electron chi connectivity index (χ0n) is 16.9. The summed E-state index contributed by atoms with van der Waals surface area (Å²) in [6.07, 6.45) is -1.77. The fraction of sp³-hybridized carbons (Fsp3) is 0.611. The van der Waals surface area contributed by atoms with E-state index in [9.17, 15) is 34.2 Å². The molecule has 0 aliphatic heterocycles. The van der Waals surface area contributed by atoms with Crippen LogP contribution in [0.15, 0.2) is 9.59 Å². The highest BCUT2D eigenvalue weighted by Crippen LogP contribution is 2.17. The molecule has 1 rings (SSSR count). The van der Waals surface area contributed by atoms with Crippen molar-refractivity contribution in [1.29, 1.82) is 0 Å². The van der Waals surface area contributed by atoms with Gasteiger partial charge < -0.3 is 41.1 Å². The molecule has 0 saturated carbocycles. The summed E-state index contributed by atoms with van der Waals surface area (Å²) >= 11 is 0. The molecule has 0 aliphatic carbocycles. The van der Waals surface area contributed by atoms with Gasteiger partial charge in [0.25, 0.3) is 10.9 Å². The smallest absolute Gasteiger partial charge is 0.326 e. The Morgan fingerprint density at radius 2 is 1.68 bits per heavy atom. The summed E-state index contributed by atoms with van der Waals surface area (Å²) in [5.74, 6) is -2.65. The zero-order valence-corrected chi connectivity index (χ0v) is 16.9. The normalized spacial score (nSPS) is 12.9. The van der Waals surface area contributed by atoms with Crippen LogP contribution in [0.1, 0.15) is 39.0 Å². The number of unbranched alkanes of at least 4 members (excludes halogenated alkanes) is 1. The van der Waals surface area contributed by atoms with Gasteiger partial charge in [0.2, 0.25) is 0 Å². The van der Waals surface area contributed by atoms with Crippen molar-refractivity contribution in [3.63, 3.8) is 0 Å². The fourth-order valence-corrected chi connectivity index (χ4v) is 2.71. The fourth-order valence-electron chi connectivity index (χ4n) is 2.71. The number of aliphatic hydroxyl groups excluding tert-OH is 1. The van der Waals surface area contributed by atoms with E-state index in [2.05, 4.69) is 16.0 Å². The molecule has 13 nitrogen and oxygen atoms in total. The van der Waals surface area contributed by atoms with Gasteiger partial charge in [-0.15, -0.1) is 0 Å². The molecule has 0 bridgehead atoms. The molecule has 0 aliphatic rings. The van der Waals surface area contributed by atoms with Gasteiger partial charge in [0.1, 0.15) is 11.7 Å². The predicted octanol–water partition coefficient (Wildman–Crippen LogP) is -1.44. The molecule has 2 atom stereocenters. The number of nitrogens with one attached hydrogen (secondary N) is 3. The number of carbonyl (C=O) groups excluding carboxylic acids is 1. The van der Waals surface area contributed by atoms with Crippen LogP contribution < -0.4 is 31.5 Å². The van der Waals surface area contributed by atoms with Crippen molar-refractivity contribution in [2.24, 2.45) is 0 Å². The average Bonchev–Trinajstić information content (AvgIpc) is 2.70. The van der Waals surface area contributed by atoms with E-state index in [0.29, 0.717) is 19.4 Å². The van der Waals surface area contributed by atoms with Crippen LogP contribution in [0.25, 0.3) is 0 Å². The minimum absolute atomic E-state index is 0.00891. The van der Waals surface area contributed by atoms with Crippen LogP contribution in [0.4, 0.5) is 10.5 Å². The Balaban J connectivity index is 2.45. The first-order chi connectivity index (χ1) is 14.6. The lowest BCUT2D eigenvalue weighted by atomic mass is 10.1. The van der Waals surface area contributed by atoms with E-state index < -0.39 is 53.6 Å². The van der Waals surface area contributed by atoms with Crippen molar-refractivity contribution in [1.82, 2.24) is 10.6 Å². The number of ether oxygens (including phenoxy) is 1. The van der Waals surface area contributed by atoms with Crippen molar-refractivity contribution in [2.75, 3.05) is 18.5 Å². The molecular formula is C18H27N3O10. The second-order valence-corrected chi connectivity index (χ2v) is 6.68.